The minimum absolute atomic E-state index is 0.0660. The normalized spacial score (nSPS) is 11.5. The van der Waals surface area contributed by atoms with Gasteiger partial charge in [0, 0.05) is 11.6 Å². The molecular weight excluding hydrogens is 352 g/mol. The smallest absolute Gasteiger partial charge is 0.323 e. The summed E-state index contributed by atoms with van der Waals surface area (Å²) in [5.74, 6) is 0.270. The van der Waals surface area contributed by atoms with E-state index in [4.69, 9.17) is 19.9 Å². The molecule has 0 spiro atoms. The van der Waals surface area contributed by atoms with Crippen LogP contribution in [-0.2, 0) is 22.6 Å². The van der Waals surface area contributed by atoms with Gasteiger partial charge in [0.1, 0.15) is 18.4 Å². The molecule has 0 saturated heterocycles. The van der Waals surface area contributed by atoms with Gasteiger partial charge in [0.25, 0.3) is 0 Å². The van der Waals surface area contributed by atoms with Gasteiger partial charge in [-0.3, -0.25) is 14.9 Å². The van der Waals surface area contributed by atoms with Gasteiger partial charge < -0.3 is 19.9 Å². The van der Waals surface area contributed by atoms with Gasteiger partial charge in [-0.25, -0.2) is 0 Å². The van der Waals surface area contributed by atoms with Gasteiger partial charge in [-0.1, -0.05) is 18.2 Å². The fourth-order valence-corrected chi connectivity index (χ4v) is 2.54. The summed E-state index contributed by atoms with van der Waals surface area (Å²) in [4.78, 5) is 22.3. The van der Waals surface area contributed by atoms with E-state index in [2.05, 4.69) is 0 Å². The number of nitro benzene ring substituents is 1. The lowest BCUT2D eigenvalue weighted by atomic mass is 10.0. The number of hydrogen-bond donors (Lipinski definition) is 1. The molecule has 0 heterocycles. The third-order valence-corrected chi connectivity index (χ3v) is 3.83. The summed E-state index contributed by atoms with van der Waals surface area (Å²) in [6, 6.07) is 10.7. The van der Waals surface area contributed by atoms with E-state index in [-0.39, 0.29) is 24.7 Å². The number of nitrogens with two attached hydrogens (primary N) is 1. The molecular formula is C19H22N2O6. The third kappa shape index (κ3) is 5.42. The standard InChI is InChI=1S/C19H22N2O6/c1-3-26-19(22)15(20)11-13-8-9-17(25-2)14(10-13)12-27-18-7-5-4-6-16(18)21(23)24/h4-10,15H,3,11-12,20H2,1-2H3. The Labute approximate surface area is 157 Å². The van der Waals surface area contributed by atoms with Gasteiger partial charge in [0.15, 0.2) is 5.75 Å². The summed E-state index contributed by atoms with van der Waals surface area (Å²) < 4.78 is 15.9. The second-order valence-corrected chi connectivity index (χ2v) is 5.72. The number of hydrogen-bond acceptors (Lipinski definition) is 7. The summed E-state index contributed by atoms with van der Waals surface area (Å²) in [7, 11) is 1.52. The van der Waals surface area contributed by atoms with Gasteiger partial charge in [-0.05, 0) is 37.1 Å². The van der Waals surface area contributed by atoms with Crippen LogP contribution < -0.4 is 15.2 Å². The summed E-state index contributed by atoms with van der Waals surface area (Å²) in [5, 5.41) is 11.1. The number of para-hydroxylation sites is 2. The molecule has 8 nitrogen and oxygen atoms in total. The number of methoxy groups -OCH3 is 1. The van der Waals surface area contributed by atoms with E-state index in [0.717, 1.165) is 5.56 Å². The van der Waals surface area contributed by atoms with Crippen LogP contribution in [0.15, 0.2) is 42.5 Å². The SMILES string of the molecule is CCOC(=O)C(N)Cc1ccc(OC)c(COc2ccccc2[N+](=O)[O-])c1. The molecule has 2 rings (SSSR count). The highest BCUT2D eigenvalue weighted by molar-refractivity contribution is 5.75. The highest BCUT2D eigenvalue weighted by Gasteiger charge is 2.17. The Bertz CT molecular complexity index is 809. The number of benzene rings is 2. The van der Waals surface area contributed by atoms with Crippen LogP contribution in [0.2, 0.25) is 0 Å². The zero-order valence-corrected chi connectivity index (χ0v) is 15.2. The van der Waals surface area contributed by atoms with E-state index in [1.165, 1.54) is 19.2 Å². The molecule has 0 amide bonds. The Morgan fingerprint density at radius 1 is 1.22 bits per heavy atom. The van der Waals surface area contributed by atoms with Gasteiger partial charge in [0.2, 0.25) is 0 Å². The van der Waals surface area contributed by atoms with Crippen molar-refractivity contribution >= 4 is 11.7 Å². The maximum Gasteiger partial charge on any atom is 0.323 e. The van der Waals surface area contributed by atoms with Crippen molar-refractivity contribution in [3.05, 3.63) is 63.7 Å². The van der Waals surface area contributed by atoms with Crippen molar-refractivity contribution in [2.75, 3.05) is 13.7 Å². The molecule has 8 heteroatoms. The largest absolute Gasteiger partial charge is 0.496 e. The quantitative estimate of drug-likeness (QED) is 0.408. The van der Waals surface area contributed by atoms with Crippen LogP contribution in [0, 0.1) is 10.1 Å². The second kappa shape index (κ2) is 9.54. The molecule has 0 fully saturated rings. The molecule has 0 aliphatic rings. The summed E-state index contributed by atoms with van der Waals surface area (Å²) in [6.45, 7) is 2.05. The lowest BCUT2D eigenvalue weighted by Crippen LogP contribution is -2.34. The predicted molar refractivity (Wildman–Crippen MR) is 98.7 cm³/mol. The number of carbonyl (C=O) groups is 1. The highest BCUT2D eigenvalue weighted by atomic mass is 16.6. The molecule has 0 bridgehead atoms. The lowest BCUT2D eigenvalue weighted by Gasteiger charge is -2.14. The maximum absolute atomic E-state index is 11.7. The Kier molecular flexibility index (Phi) is 7.13. The Hall–Kier alpha value is -3.13. The molecule has 144 valence electrons. The van der Waals surface area contributed by atoms with Crippen LogP contribution in [0.4, 0.5) is 5.69 Å². The maximum atomic E-state index is 11.7. The van der Waals surface area contributed by atoms with Crippen molar-refractivity contribution in [3.8, 4) is 11.5 Å². The Balaban J connectivity index is 2.16. The monoisotopic (exact) mass is 374 g/mol. The van der Waals surface area contributed by atoms with Gasteiger partial charge in [0.05, 0.1) is 18.6 Å². The molecule has 0 aliphatic heterocycles. The molecule has 0 saturated carbocycles. The lowest BCUT2D eigenvalue weighted by molar-refractivity contribution is -0.385. The van der Waals surface area contributed by atoms with Crippen molar-refractivity contribution in [2.24, 2.45) is 5.73 Å². The van der Waals surface area contributed by atoms with Crippen molar-refractivity contribution < 1.29 is 23.9 Å². The van der Waals surface area contributed by atoms with Crippen LogP contribution in [-0.4, -0.2) is 30.7 Å². The van der Waals surface area contributed by atoms with Gasteiger partial charge >= 0.3 is 11.7 Å². The molecule has 1 unspecified atom stereocenters. The van der Waals surface area contributed by atoms with Crippen molar-refractivity contribution in [3.63, 3.8) is 0 Å². The number of rotatable bonds is 9. The predicted octanol–water partition coefficient (Wildman–Crippen LogP) is 2.62. The van der Waals surface area contributed by atoms with Crippen LogP contribution >= 0.6 is 0 Å². The number of carbonyl (C=O) groups excluding carboxylic acids is 1. The average Bonchev–Trinajstić information content (AvgIpc) is 2.66. The molecule has 2 aromatic rings. The molecule has 27 heavy (non-hydrogen) atoms. The summed E-state index contributed by atoms with van der Waals surface area (Å²) >= 11 is 0. The van der Waals surface area contributed by atoms with Crippen LogP contribution in [0.1, 0.15) is 18.1 Å². The average molecular weight is 374 g/mol. The Morgan fingerprint density at radius 2 is 1.96 bits per heavy atom. The van der Waals surface area contributed by atoms with E-state index >= 15 is 0 Å². The zero-order chi connectivity index (χ0) is 19.8. The van der Waals surface area contributed by atoms with E-state index in [9.17, 15) is 14.9 Å². The van der Waals surface area contributed by atoms with E-state index in [0.29, 0.717) is 17.7 Å². The Morgan fingerprint density at radius 3 is 2.63 bits per heavy atom. The van der Waals surface area contributed by atoms with Crippen LogP contribution in [0.5, 0.6) is 11.5 Å². The van der Waals surface area contributed by atoms with Crippen molar-refractivity contribution in [1.82, 2.24) is 0 Å². The summed E-state index contributed by atoms with van der Waals surface area (Å²) in [5.41, 5.74) is 7.24. The first kappa shape index (κ1) is 20.2. The molecule has 0 radical (unpaired) electrons. The first-order chi connectivity index (χ1) is 13.0. The first-order valence-electron chi connectivity index (χ1n) is 8.40. The van der Waals surface area contributed by atoms with E-state index in [1.54, 1.807) is 37.3 Å². The summed E-state index contributed by atoms with van der Waals surface area (Å²) in [6.07, 6.45) is 0.293. The minimum Gasteiger partial charge on any atom is -0.496 e. The second-order valence-electron chi connectivity index (χ2n) is 5.72. The molecule has 0 aliphatic carbocycles. The molecule has 2 aromatic carbocycles. The van der Waals surface area contributed by atoms with Crippen molar-refractivity contribution in [2.45, 2.75) is 26.0 Å². The molecule has 1 atom stereocenters. The fourth-order valence-electron chi connectivity index (χ4n) is 2.54. The minimum atomic E-state index is -0.776. The van der Waals surface area contributed by atoms with Crippen LogP contribution in [0.3, 0.4) is 0 Å². The van der Waals surface area contributed by atoms with E-state index < -0.39 is 16.9 Å². The van der Waals surface area contributed by atoms with Gasteiger partial charge in [-0.2, -0.15) is 0 Å². The number of nitro groups is 1. The van der Waals surface area contributed by atoms with Gasteiger partial charge in [-0.15, -0.1) is 0 Å². The number of ether oxygens (including phenoxy) is 3. The molecule has 0 aromatic heterocycles. The van der Waals surface area contributed by atoms with Crippen molar-refractivity contribution in [1.29, 1.82) is 0 Å². The highest BCUT2D eigenvalue weighted by Crippen LogP contribution is 2.28. The fraction of sp³-hybridized carbons (Fsp3) is 0.316. The van der Waals surface area contributed by atoms with Crippen LogP contribution in [0.25, 0.3) is 0 Å². The topological polar surface area (TPSA) is 114 Å². The first-order valence-corrected chi connectivity index (χ1v) is 8.40. The molecule has 2 N–H and O–H groups in total. The van der Waals surface area contributed by atoms with E-state index in [1.807, 2.05) is 0 Å². The number of esters is 1. The zero-order valence-electron chi connectivity index (χ0n) is 15.2. The third-order valence-electron chi connectivity index (χ3n) is 3.83. The number of nitrogens with zero attached hydrogens (tertiary/aromatic N) is 1.